The van der Waals surface area contributed by atoms with Crippen molar-refractivity contribution >= 4 is 22.5 Å². The van der Waals surface area contributed by atoms with E-state index in [9.17, 15) is 9.59 Å². The molecular weight excluding hydrogens is 424 g/mol. The van der Waals surface area contributed by atoms with E-state index in [2.05, 4.69) is 10.2 Å². The molecule has 1 saturated heterocycles. The molecule has 33 heavy (non-hydrogen) atoms. The molecule has 1 amide bonds. The lowest BCUT2D eigenvalue weighted by Crippen LogP contribution is -2.39. The minimum Gasteiger partial charge on any atom is -0.493 e. The van der Waals surface area contributed by atoms with Crippen LogP contribution in [0.4, 0.5) is 5.69 Å². The number of rotatable bonds is 7. The highest BCUT2D eigenvalue weighted by molar-refractivity contribution is 5.91. The summed E-state index contributed by atoms with van der Waals surface area (Å²) in [5.74, 6) is 1.14. The number of methoxy groups -OCH3 is 2. The van der Waals surface area contributed by atoms with Crippen LogP contribution in [0, 0.1) is 6.92 Å². The lowest BCUT2D eigenvalue weighted by molar-refractivity contribution is -0.116. The van der Waals surface area contributed by atoms with E-state index in [-0.39, 0.29) is 18.0 Å². The van der Waals surface area contributed by atoms with E-state index in [0.717, 1.165) is 18.7 Å². The van der Waals surface area contributed by atoms with E-state index in [1.54, 1.807) is 12.1 Å². The fraction of sp³-hybridized carbons (Fsp3) is 0.375. The molecule has 9 nitrogen and oxygen atoms in total. The fourth-order valence-corrected chi connectivity index (χ4v) is 3.90. The number of fused-ring (bicyclic) bond motifs is 1. The van der Waals surface area contributed by atoms with E-state index in [0.29, 0.717) is 53.7 Å². The monoisotopic (exact) mass is 452 g/mol. The van der Waals surface area contributed by atoms with Crippen molar-refractivity contribution in [1.29, 1.82) is 0 Å². The number of nitrogens with one attached hydrogen (secondary N) is 1. The van der Waals surface area contributed by atoms with Crippen molar-refractivity contribution in [2.75, 3.05) is 45.8 Å². The molecule has 2 aromatic carbocycles. The summed E-state index contributed by atoms with van der Waals surface area (Å²) in [6.45, 7) is 4.94. The maximum absolute atomic E-state index is 13.5. The molecule has 0 radical (unpaired) electrons. The van der Waals surface area contributed by atoms with Crippen molar-refractivity contribution in [3.05, 3.63) is 58.1 Å². The average molecular weight is 453 g/mol. The highest BCUT2D eigenvalue weighted by atomic mass is 16.5. The van der Waals surface area contributed by atoms with E-state index in [4.69, 9.17) is 19.2 Å². The number of hydrogen-bond donors (Lipinski definition) is 1. The second-order valence-corrected chi connectivity index (χ2v) is 7.95. The van der Waals surface area contributed by atoms with E-state index in [1.165, 1.54) is 18.8 Å². The Labute approximate surface area is 191 Å². The van der Waals surface area contributed by atoms with Crippen molar-refractivity contribution < 1.29 is 19.0 Å². The van der Waals surface area contributed by atoms with Gasteiger partial charge in [0, 0.05) is 24.8 Å². The number of carbonyl (C=O) groups excluding carboxylic acids is 1. The number of morpholine rings is 1. The van der Waals surface area contributed by atoms with Crippen LogP contribution < -0.4 is 20.3 Å². The second kappa shape index (κ2) is 10.0. The lowest BCUT2D eigenvalue weighted by atomic mass is 10.2. The molecular formula is C24H28N4O5. The summed E-state index contributed by atoms with van der Waals surface area (Å²) in [5, 5.41) is 3.24. The van der Waals surface area contributed by atoms with Gasteiger partial charge in [-0.25, -0.2) is 4.98 Å². The van der Waals surface area contributed by atoms with Gasteiger partial charge in [0.05, 0.1) is 44.9 Å². The van der Waals surface area contributed by atoms with Gasteiger partial charge in [-0.1, -0.05) is 12.1 Å². The lowest BCUT2D eigenvalue weighted by Gasteiger charge is -2.27. The topological polar surface area (TPSA) is 94.9 Å². The normalized spacial score (nSPS) is 14.3. The third-order valence-corrected chi connectivity index (χ3v) is 5.61. The zero-order valence-corrected chi connectivity index (χ0v) is 19.1. The molecule has 0 atom stereocenters. The predicted molar refractivity (Wildman–Crippen MR) is 125 cm³/mol. The zero-order chi connectivity index (χ0) is 23.4. The number of amides is 1. The van der Waals surface area contributed by atoms with Gasteiger partial charge in [0.25, 0.3) is 5.56 Å². The Kier molecular flexibility index (Phi) is 6.90. The Morgan fingerprint density at radius 1 is 1.12 bits per heavy atom. The minimum absolute atomic E-state index is 0.149. The standard InChI is InChI=1S/C24H28N4O5/c1-16-5-4-6-17(11-16)25-23(29)15-28-22(14-27-7-9-33-10-8-27)26-19-13-21(32-3)20(31-2)12-18(19)24(28)30/h4-6,11-13H,7-10,14-15H2,1-3H3,(H,25,29). The second-order valence-electron chi connectivity index (χ2n) is 7.95. The maximum atomic E-state index is 13.5. The SMILES string of the molecule is COc1cc2nc(CN3CCOCC3)n(CC(=O)Nc3cccc(C)c3)c(=O)c2cc1OC. The molecule has 0 unspecified atom stereocenters. The van der Waals surface area contributed by atoms with Crippen LogP contribution in [0.25, 0.3) is 10.9 Å². The van der Waals surface area contributed by atoms with Crippen molar-refractivity contribution in [3.63, 3.8) is 0 Å². The first-order valence-electron chi connectivity index (χ1n) is 10.8. The molecule has 1 N–H and O–H groups in total. The van der Waals surface area contributed by atoms with Gasteiger partial charge in [0.15, 0.2) is 11.5 Å². The number of aryl methyl sites for hydroxylation is 1. The van der Waals surface area contributed by atoms with Crippen molar-refractivity contribution in [3.8, 4) is 11.5 Å². The number of benzene rings is 2. The maximum Gasteiger partial charge on any atom is 0.262 e. The Hall–Kier alpha value is -3.43. The number of nitrogens with zero attached hydrogens (tertiary/aromatic N) is 3. The van der Waals surface area contributed by atoms with Crippen molar-refractivity contribution in [2.45, 2.75) is 20.0 Å². The van der Waals surface area contributed by atoms with Crippen LogP contribution in [-0.4, -0.2) is 60.9 Å². The number of hydrogen-bond acceptors (Lipinski definition) is 7. The molecule has 1 aromatic heterocycles. The summed E-state index contributed by atoms with van der Waals surface area (Å²) in [6, 6.07) is 10.8. The van der Waals surface area contributed by atoms with Gasteiger partial charge in [-0.3, -0.25) is 19.1 Å². The Bertz CT molecular complexity index is 1220. The number of carbonyl (C=O) groups is 1. The van der Waals surface area contributed by atoms with Crippen LogP contribution in [0.5, 0.6) is 11.5 Å². The summed E-state index contributed by atoms with van der Waals surface area (Å²) in [6.07, 6.45) is 0. The zero-order valence-electron chi connectivity index (χ0n) is 19.1. The largest absolute Gasteiger partial charge is 0.493 e. The van der Waals surface area contributed by atoms with Crippen LogP contribution >= 0.6 is 0 Å². The molecule has 4 rings (SSSR count). The first-order chi connectivity index (χ1) is 16.0. The molecule has 0 bridgehead atoms. The summed E-state index contributed by atoms with van der Waals surface area (Å²) >= 11 is 0. The van der Waals surface area contributed by atoms with Crippen LogP contribution in [0.1, 0.15) is 11.4 Å². The smallest absolute Gasteiger partial charge is 0.262 e. The first kappa shape index (κ1) is 22.8. The van der Waals surface area contributed by atoms with E-state index >= 15 is 0 Å². The van der Waals surface area contributed by atoms with E-state index in [1.807, 2.05) is 31.2 Å². The van der Waals surface area contributed by atoms with Crippen molar-refractivity contribution in [1.82, 2.24) is 14.5 Å². The predicted octanol–water partition coefficient (Wildman–Crippen LogP) is 2.19. The Morgan fingerprint density at radius 2 is 1.85 bits per heavy atom. The van der Waals surface area contributed by atoms with Crippen LogP contribution in [0.2, 0.25) is 0 Å². The molecule has 3 aromatic rings. The molecule has 0 aliphatic carbocycles. The number of aromatic nitrogens is 2. The molecule has 1 fully saturated rings. The van der Waals surface area contributed by atoms with E-state index < -0.39 is 0 Å². The summed E-state index contributed by atoms with van der Waals surface area (Å²) in [4.78, 5) is 33.3. The van der Waals surface area contributed by atoms with Gasteiger partial charge in [0.2, 0.25) is 5.91 Å². The number of anilines is 1. The van der Waals surface area contributed by atoms with Crippen molar-refractivity contribution in [2.24, 2.45) is 0 Å². The molecule has 174 valence electrons. The summed E-state index contributed by atoms with van der Waals surface area (Å²) in [5.41, 5.74) is 1.91. The molecule has 2 heterocycles. The van der Waals surface area contributed by atoms with Crippen LogP contribution in [0.15, 0.2) is 41.2 Å². The van der Waals surface area contributed by atoms with Crippen LogP contribution in [-0.2, 0) is 22.6 Å². The number of ether oxygens (including phenoxy) is 3. The Morgan fingerprint density at radius 3 is 2.55 bits per heavy atom. The molecule has 9 heteroatoms. The minimum atomic E-state index is -0.302. The quantitative estimate of drug-likeness (QED) is 0.587. The molecule has 1 aliphatic rings. The van der Waals surface area contributed by atoms with Gasteiger partial charge in [-0.15, -0.1) is 0 Å². The first-order valence-corrected chi connectivity index (χ1v) is 10.8. The molecule has 0 spiro atoms. The summed E-state index contributed by atoms with van der Waals surface area (Å²) < 4.78 is 17.6. The van der Waals surface area contributed by atoms with Gasteiger partial charge >= 0.3 is 0 Å². The average Bonchev–Trinajstić information content (AvgIpc) is 2.81. The third kappa shape index (κ3) is 5.15. The van der Waals surface area contributed by atoms with Crippen LogP contribution in [0.3, 0.4) is 0 Å². The highest BCUT2D eigenvalue weighted by Crippen LogP contribution is 2.30. The van der Waals surface area contributed by atoms with Gasteiger partial charge in [0.1, 0.15) is 12.4 Å². The van der Waals surface area contributed by atoms with Gasteiger partial charge < -0.3 is 19.5 Å². The molecule has 1 aliphatic heterocycles. The Balaban J connectivity index is 1.73. The summed E-state index contributed by atoms with van der Waals surface area (Å²) in [7, 11) is 3.05. The highest BCUT2D eigenvalue weighted by Gasteiger charge is 2.20. The van der Waals surface area contributed by atoms with Gasteiger partial charge in [-0.2, -0.15) is 0 Å². The third-order valence-electron chi connectivity index (χ3n) is 5.61. The fourth-order valence-electron chi connectivity index (χ4n) is 3.90. The van der Waals surface area contributed by atoms with Gasteiger partial charge in [-0.05, 0) is 30.7 Å². The molecule has 0 saturated carbocycles.